The van der Waals surface area contributed by atoms with Crippen LogP contribution < -0.4 is 10.6 Å². The van der Waals surface area contributed by atoms with Gasteiger partial charge in [0.2, 0.25) is 0 Å². The van der Waals surface area contributed by atoms with Crippen molar-refractivity contribution in [2.75, 3.05) is 0 Å². The molecule has 16 heavy (non-hydrogen) atoms. The van der Waals surface area contributed by atoms with Gasteiger partial charge in [-0.2, -0.15) is 0 Å². The van der Waals surface area contributed by atoms with E-state index < -0.39 is 0 Å². The van der Waals surface area contributed by atoms with Gasteiger partial charge in [0.05, 0.1) is 12.3 Å². The third kappa shape index (κ3) is 1.73. The van der Waals surface area contributed by atoms with Gasteiger partial charge in [-0.05, 0) is 12.5 Å². The Balaban J connectivity index is 1.62. The van der Waals surface area contributed by atoms with E-state index in [9.17, 15) is 0 Å². The lowest BCUT2D eigenvalue weighted by atomic mass is 9.70. The first-order valence-electron chi connectivity index (χ1n) is 5.63. The zero-order valence-corrected chi connectivity index (χ0v) is 9.27. The van der Waals surface area contributed by atoms with Crippen LogP contribution in [0, 0.1) is 6.92 Å². The average Bonchev–Trinajstić information content (AvgIpc) is 2.72. The third-order valence-corrected chi connectivity index (χ3v) is 3.10. The molecule has 2 aliphatic heterocycles. The van der Waals surface area contributed by atoms with Gasteiger partial charge < -0.3 is 0 Å². The molecule has 0 spiro atoms. The van der Waals surface area contributed by atoms with E-state index in [1.807, 2.05) is 0 Å². The molecule has 0 saturated carbocycles. The molecule has 0 bridgehead atoms. The van der Waals surface area contributed by atoms with Gasteiger partial charge in [-0.1, -0.05) is 47.5 Å². The lowest BCUT2D eigenvalue weighted by molar-refractivity contribution is 0.239. The quantitative estimate of drug-likeness (QED) is 0.723. The number of nitrogens with one attached hydrogen (secondary N) is 2. The molecule has 1 fully saturated rings. The predicted octanol–water partition coefficient (Wildman–Crippen LogP) is 1.63. The van der Waals surface area contributed by atoms with Crippen molar-refractivity contribution in [2.45, 2.75) is 19.3 Å². The number of hydrogen-bond acceptors (Lipinski definition) is 2. The van der Waals surface area contributed by atoms with Crippen LogP contribution in [-0.2, 0) is 0 Å². The molecule has 1 saturated heterocycles. The molecular formula is C13H14BN2. The summed E-state index contributed by atoms with van der Waals surface area (Å²) in [5.41, 5.74) is 3.91. The average molecular weight is 209 g/mol. The van der Waals surface area contributed by atoms with Crippen LogP contribution in [0.2, 0.25) is 0 Å². The van der Waals surface area contributed by atoms with Crippen LogP contribution >= 0.6 is 0 Å². The summed E-state index contributed by atoms with van der Waals surface area (Å²) in [7, 11) is 2.13. The molecule has 0 unspecified atom stereocenters. The van der Waals surface area contributed by atoms with Gasteiger partial charge in [-0.15, -0.1) is 5.98 Å². The van der Waals surface area contributed by atoms with Crippen LogP contribution in [0.3, 0.4) is 0 Å². The Labute approximate surface area is 96.7 Å². The molecular weight excluding hydrogens is 195 g/mol. The molecule has 3 heteroatoms. The van der Waals surface area contributed by atoms with Gasteiger partial charge >= 0.3 is 0 Å². The standard InChI is InChI=1S/C13H14BN2/c1-9-4-6-10(7-5-9)12-15-13(16-12)11-3-2-8-14-11/h2-8,12-13,15-16H,1H3. The van der Waals surface area contributed by atoms with E-state index in [2.05, 4.69) is 67.2 Å². The summed E-state index contributed by atoms with van der Waals surface area (Å²) in [4.78, 5) is 0. The van der Waals surface area contributed by atoms with E-state index in [1.54, 1.807) is 0 Å². The van der Waals surface area contributed by atoms with Crippen LogP contribution in [0.1, 0.15) is 17.3 Å². The highest BCUT2D eigenvalue weighted by atomic mass is 15.3. The van der Waals surface area contributed by atoms with Crippen LogP contribution in [0.15, 0.2) is 47.9 Å². The summed E-state index contributed by atoms with van der Waals surface area (Å²) in [6, 6.07) is 8.63. The Bertz CT molecular complexity index is 442. The molecule has 79 valence electrons. The minimum absolute atomic E-state index is 0.292. The second kappa shape index (κ2) is 3.93. The summed E-state index contributed by atoms with van der Waals surface area (Å²) in [6.07, 6.45) is 4.80. The fourth-order valence-electron chi connectivity index (χ4n) is 2.06. The third-order valence-electron chi connectivity index (χ3n) is 3.10. The molecule has 1 radical (unpaired) electrons. The fraction of sp³-hybridized carbons (Fsp3) is 0.231. The van der Waals surface area contributed by atoms with Gasteiger partial charge in [-0.3, -0.25) is 10.6 Å². The molecule has 1 aromatic carbocycles. The molecule has 2 N–H and O–H groups in total. The summed E-state index contributed by atoms with van der Waals surface area (Å²) >= 11 is 0. The van der Waals surface area contributed by atoms with Gasteiger partial charge in [0.25, 0.3) is 0 Å². The molecule has 2 aliphatic rings. The lowest BCUT2D eigenvalue weighted by Crippen LogP contribution is -2.62. The lowest BCUT2D eigenvalue weighted by Gasteiger charge is -2.40. The molecule has 0 amide bonds. The highest BCUT2D eigenvalue weighted by Gasteiger charge is 2.30. The van der Waals surface area contributed by atoms with Crippen molar-refractivity contribution < 1.29 is 0 Å². The van der Waals surface area contributed by atoms with Crippen molar-refractivity contribution in [3.8, 4) is 0 Å². The summed E-state index contributed by atoms with van der Waals surface area (Å²) in [5.74, 6) is 2.07. The predicted molar refractivity (Wildman–Crippen MR) is 67.0 cm³/mol. The first-order chi connectivity index (χ1) is 7.83. The van der Waals surface area contributed by atoms with Gasteiger partial charge in [0.1, 0.15) is 0 Å². The molecule has 2 nitrogen and oxygen atoms in total. The molecule has 2 heterocycles. The number of hydrogen-bond donors (Lipinski definition) is 2. The first kappa shape index (κ1) is 9.88. The molecule has 0 aromatic heterocycles. The fourth-order valence-corrected chi connectivity index (χ4v) is 2.06. The first-order valence-corrected chi connectivity index (χ1v) is 5.63. The second-order valence-electron chi connectivity index (χ2n) is 4.33. The van der Waals surface area contributed by atoms with E-state index >= 15 is 0 Å². The summed E-state index contributed by atoms with van der Waals surface area (Å²) in [5, 5.41) is 7.01. The topological polar surface area (TPSA) is 24.1 Å². The zero-order valence-electron chi connectivity index (χ0n) is 9.27. The van der Waals surface area contributed by atoms with Crippen LogP contribution in [0.5, 0.6) is 0 Å². The van der Waals surface area contributed by atoms with Crippen LogP contribution in [0.4, 0.5) is 0 Å². The van der Waals surface area contributed by atoms with Crippen molar-refractivity contribution in [3.05, 3.63) is 59.0 Å². The van der Waals surface area contributed by atoms with Gasteiger partial charge in [-0.25, -0.2) is 0 Å². The van der Waals surface area contributed by atoms with Crippen molar-refractivity contribution in [1.82, 2.24) is 10.6 Å². The Hall–Kier alpha value is -1.32. The van der Waals surface area contributed by atoms with Crippen molar-refractivity contribution in [2.24, 2.45) is 0 Å². The van der Waals surface area contributed by atoms with Crippen molar-refractivity contribution in [1.29, 1.82) is 0 Å². The monoisotopic (exact) mass is 209 g/mol. The Kier molecular flexibility index (Phi) is 2.42. The van der Waals surface area contributed by atoms with Crippen LogP contribution in [0.25, 0.3) is 0 Å². The van der Waals surface area contributed by atoms with E-state index in [1.165, 1.54) is 16.6 Å². The molecule has 0 aliphatic carbocycles. The Morgan fingerprint density at radius 3 is 2.44 bits per heavy atom. The van der Waals surface area contributed by atoms with E-state index in [4.69, 9.17) is 0 Å². The highest BCUT2D eigenvalue weighted by Crippen LogP contribution is 2.22. The Morgan fingerprint density at radius 1 is 1.06 bits per heavy atom. The SMILES string of the molecule is Cc1ccc(C2NC(C3=CC=C[B]3)N2)cc1. The van der Waals surface area contributed by atoms with E-state index in [0.717, 1.165) is 0 Å². The minimum atomic E-state index is 0.292. The number of allylic oxidation sites excluding steroid dienone is 2. The minimum Gasteiger partial charge on any atom is -0.280 e. The summed E-state index contributed by atoms with van der Waals surface area (Å²) in [6.45, 7) is 2.11. The largest absolute Gasteiger partial charge is 0.280 e. The van der Waals surface area contributed by atoms with Crippen molar-refractivity contribution >= 4 is 7.28 Å². The second-order valence-corrected chi connectivity index (χ2v) is 4.33. The van der Waals surface area contributed by atoms with Crippen molar-refractivity contribution in [3.63, 3.8) is 0 Å². The Morgan fingerprint density at radius 2 is 1.81 bits per heavy atom. The smallest absolute Gasteiger partial charge is 0.179 e. The normalized spacial score (nSPS) is 27.2. The molecule has 0 atom stereocenters. The summed E-state index contributed by atoms with van der Waals surface area (Å²) < 4.78 is 0. The maximum Gasteiger partial charge on any atom is 0.179 e. The zero-order chi connectivity index (χ0) is 11.0. The molecule has 1 aromatic rings. The van der Waals surface area contributed by atoms with E-state index in [0.29, 0.717) is 12.3 Å². The van der Waals surface area contributed by atoms with Gasteiger partial charge in [0.15, 0.2) is 7.28 Å². The number of rotatable bonds is 2. The van der Waals surface area contributed by atoms with Crippen LogP contribution in [-0.4, -0.2) is 13.4 Å². The van der Waals surface area contributed by atoms with E-state index in [-0.39, 0.29) is 0 Å². The number of benzene rings is 1. The highest BCUT2D eigenvalue weighted by molar-refractivity contribution is 6.52. The number of aryl methyl sites for hydroxylation is 1. The molecule has 3 rings (SSSR count). The maximum absolute atomic E-state index is 3.51. The maximum atomic E-state index is 3.51. The van der Waals surface area contributed by atoms with Gasteiger partial charge in [0, 0.05) is 0 Å².